The van der Waals surface area contributed by atoms with Gasteiger partial charge in [-0.15, -0.1) is 0 Å². The molecule has 3 aromatic carbocycles. The predicted octanol–water partition coefficient (Wildman–Crippen LogP) is 4.57. The molecule has 0 saturated carbocycles. The summed E-state index contributed by atoms with van der Waals surface area (Å²) in [7, 11) is 1.58. The van der Waals surface area contributed by atoms with E-state index in [2.05, 4.69) is 20.8 Å². The van der Waals surface area contributed by atoms with Crippen LogP contribution in [0.5, 0.6) is 5.75 Å². The van der Waals surface area contributed by atoms with E-state index in [-0.39, 0.29) is 18.2 Å². The van der Waals surface area contributed by atoms with Crippen molar-refractivity contribution in [3.05, 3.63) is 90.3 Å². The summed E-state index contributed by atoms with van der Waals surface area (Å²) in [4.78, 5) is 29.0. The van der Waals surface area contributed by atoms with Crippen molar-refractivity contribution in [2.75, 3.05) is 17.7 Å². The van der Waals surface area contributed by atoms with E-state index in [4.69, 9.17) is 9.26 Å². The summed E-state index contributed by atoms with van der Waals surface area (Å²) >= 11 is 0. The monoisotopic (exact) mass is 442 g/mol. The lowest BCUT2D eigenvalue weighted by molar-refractivity contribution is -0.116. The van der Waals surface area contributed by atoms with Crippen LogP contribution in [0.1, 0.15) is 22.7 Å². The Hall–Kier alpha value is -4.46. The molecule has 0 aliphatic heterocycles. The third kappa shape index (κ3) is 5.82. The highest BCUT2D eigenvalue weighted by Crippen LogP contribution is 2.18. The quantitative estimate of drug-likeness (QED) is 0.414. The van der Waals surface area contributed by atoms with Gasteiger partial charge in [0.2, 0.25) is 17.6 Å². The Morgan fingerprint density at radius 2 is 1.55 bits per heavy atom. The molecule has 0 radical (unpaired) electrons. The van der Waals surface area contributed by atoms with Gasteiger partial charge < -0.3 is 19.9 Å². The number of carbonyl (C=O) groups excluding carboxylic acids is 2. The second-order valence-corrected chi connectivity index (χ2v) is 7.19. The Bertz CT molecular complexity index is 1220. The number of carbonyl (C=O) groups is 2. The fraction of sp³-hybridized carbons (Fsp3) is 0.120. The smallest absolute Gasteiger partial charge is 0.255 e. The standard InChI is InChI=1S/C25H22N4O4/c1-32-21-13-11-20(12-14-21)27-25(31)18-7-9-19(10-8-18)26-22(30)15-16-23-28-24(29-33-23)17-5-3-2-4-6-17/h2-14H,15-16H2,1H3,(H,26,30)(H,27,31). The van der Waals surface area contributed by atoms with Crippen LogP contribution < -0.4 is 15.4 Å². The minimum Gasteiger partial charge on any atom is -0.497 e. The first-order valence-electron chi connectivity index (χ1n) is 10.3. The molecule has 0 spiro atoms. The maximum atomic E-state index is 12.4. The van der Waals surface area contributed by atoms with E-state index in [1.807, 2.05) is 30.3 Å². The lowest BCUT2D eigenvalue weighted by Crippen LogP contribution is -2.14. The van der Waals surface area contributed by atoms with Gasteiger partial charge in [-0.25, -0.2) is 0 Å². The number of nitrogens with zero attached hydrogens (tertiary/aromatic N) is 2. The maximum Gasteiger partial charge on any atom is 0.255 e. The second kappa shape index (κ2) is 10.2. The predicted molar refractivity (Wildman–Crippen MR) is 124 cm³/mol. The van der Waals surface area contributed by atoms with Gasteiger partial charge in [-0.3, -0.25) is 9.59 Å². The molecule has 4 aromatic rings. The van der Waals surface area contributed by atoms with Crippen LogP contribution in [0.4, 0.5) is 11.4 Å². The number of hydrogen-bond acceptors (Lipinski definition) is 6. The van der Waals surface area contributed by atoms with E-state index in [9.17, 15) is 9.59 Å². The molecule has 0 unspecified atom stereocenters. The summed E-state index contributed by atoms with van der Waals surface area (Å²) in [5.41, 5.74) is 2.59. The van der Waals surface area contributed by atoms with Crippen molar-refractivity contribution in [3.63, 3.8) is 0 Å². The molecule has 33 heavy (non-hydrogen) atoms. The van der Waals surface area contributed by atoms with Gasteiger partial charge in [0.1, 0.15) is 5.75 Å². The van der Waals surface area contributed by atoms with Gasteiger partial charge in [0.05, 0.1) is 7.11 Å². The number of anilines is 2. The average molecular weight is 442 g/mol. The van der Waals surface area contributed by atoms with Crippen molar-refractivity contribution < 1.29 is 18.8 Å². The summed E-state index contributed by atoms with van der Waals surface area (Å²) in [5.74, 6) is 1.17. The molecule has 0 saturated heterocycles. The van der Waals surface area contributed by atoms with E-state index >= 15 is 0 Å². The fourth-order valence-electron chi connectivity index (χ4n) is 3.09. The average Bonchev–Trinajstić information content (AvgIpc) is 3.33. The first-order valence-corrected chi connectivity index (χ1v) is 10.3. The highest BCUT2D eigenvalue weighted by Gasteiger charge is 2.11. The Labute approximate surface area is 190 Å². The van der Waals surface area contributed by atoms with Crippen LogP contribution in [-0.2, 0) is 11.2 Å². The van der Waals surface area contributed by atoms with E-state index in [0.717, 1.165) is 5.56 Å². The van der Waals surface area contributed by atoms with Crippen LogP contribution in [0, 0.1) is 0 Å². The molecule has 0 bridgehead atoms. The van der Waals surface area contributed by atoms with Gasteiger partial charge in [0.15, 0.2) is 0 Å². The van der Waals surface area contributed by atoms with Crippen LogP contribution in [0.3, 0.4) is 0 Å². The molecule has 8 heteroatoms. The third-order valence-corrected chi connectivity index (χ3v) is 4.84. The Balaban J connectivity index is 1.27. The number of hydrogen-bond donors (Lipinski definition) is 2. The second-order valence-electron chi connectivity index (χ2n) is 7.19. The number of aromatic nitrogens is 2. The van der Waals surface area contributed by atoms with Gasteiger partial charge in [-0.2, -0.15) is 4.98 Å². The molecule has 2 N–H and O–H groups in total. The number of methoxy groups -OCH3 is 1. The van der Waals surface area contributed by atoms with Crippen molar-refractivity contribution in [2.45, 2.75) is 12.8 Å². The van der Waals surface area contributed by atoms with Crippen LogP contribution in [0.2, 0.25) is 0 Å². The number of nitrogens with one attached hydrogen (secondary N) is 2. The summed E-state index contributed by atoms with van der Waals surface area (Å²) in [6.07, 6.45) is 0.518. The van der Waals surface area contributed by atoms with E-state index < -0.39 is 0 Å². The Kier molecular flexibility index (Phi) is 6.75. The highest BCUT2D eigenvalue weighted by atomic mass is 16.5. The number of amides is 2. The number of rotatable bonds is 8. The molecule has 0 aliphatic rings. The van der Waals surface area contributed by atoms with E-state index in [0.29, 0.717) is 40.8 Å². The lowest BCUT2D eigenvalue weighted by atomic mass is 10.2. The topological polar surface area (TPSA) is 106 Å². The Morgan fingerprint density at radius 1 is 0.879 bits per heavy atom. The zero-order valence-corrected chi connectivity index (χ0v) is 17.9. The van der Waals surface area contributed by atoms with E-state index in [1.165, 1.54) is 0 Å². The molecule has 1 aromatic heterocycles. The van der Waals surface area contributed by atoms with Crippen molar-refractivity contribution in [3.8, 4) is 17.1 Å². The lowest BCUT2D eigenvalue weighted by Gasteiger charge is -2.08. The molecule has 166 valence electrons. The van der Waals surface area contributed by atoms with Gasteiger partial charge in [0.25, 0.3) is 5.91 Å². The minimum absolute atomic E-state index is 0.190. The molecule has 0 atom stereocenters. The summed E-state index contributed by atoms with van der Waals surface area (Å²) in [6, 6.07) is 23.2. The van der Waals surface area contributed by atoms with Crippen molar-refractivity contribution in [1.29, 1.82) is 0 Å². The first-order chi connectivity index (χ1) is 16.1. The Morgan fingerprint density at radius 3 is 2.24 bits per heavy atom. The van der Waals surface area contributed by atoms with Gasteiger partial charge in [-0.1, -0.05) is 35.5 Å². The number of ether oxygens (including phenoxy) is 1. The summed E-state index contributed by atoms with van der Waals surface area (Å²) in [6.45, 7) is 0. The van der Waals surface area contributed by atoms with Gasteiger partial charge in [-0.05, 0) is 48.5 Å². The molecule has 4 rings (SSSR count). The molecule has 1 heterocycles. The SMILES string of the molecule is COc1ccc(NC(=O)c2ccc(NC(=O)CCc3nc(-c4ccccc4)no3)cc2)cc1. The van der Waals surface area contributed by atoms with Gasteiger partial charge in [0, 0.05) is 35.3 Å². The van der Waals surface area contributed by atoms with Crippen molar-refractivity contribution in [2.24, 2.45) is 0 Å². The first kappa shape index (κ1) is 21.8. The van der Waals surface area contributed by atoms with Crippen LogP contribution >= 0.6 is 0 Å². The molecule has 8 nitrogen and oxygen atoms in total. The molecule has 0 fully saturated rings. The molecule has 2 amide bonds. The van der Waals surface area contributed by atoms with Crippen LogP contribution in [-0.4, -0.2) is 29.1 Å². The number of aryl methyl sites for hydroxylation is 1. The summed E-state index contributed by atoms with van der Waals surface area (Å²) in [5, 5.41) is 9.57. The maximum absolute atomic E-state index is 12.4. The normalized spacial score (nSPS) is 10.5. The largest absolute Gasteiger partial charge is 0.497 e. The zero-order chi connectivity index (χ0) is 23.0. The fourth-order valence-corrected chi connectivity index (χ4v) is 3.09. The summed E-state index contributed by atoms with van der Waals surface area (Å²) < 4.78 is 10.3. The van der Waals surface area contributed by atoms with Gasteiger partial charge >= 0.3 is 0 Å². The van der Waals surface area contributed by atoms with E-state index in [1.54, 1.807) is 55.6 Å². The molecule has 0 aliphatic carbocycles. The minimum atomic E-state index is -0.247. The van der Waals surface area contributed by atoms with Crippen LogP contribution in [0.15, 0.2) is 83.4 Å². The van der Waals surface area contributed by atoms with Crippen molar-refractivity contribution >= 4 is 23.2 Å². The third-order valence-electron chi connectivity index (χ3n) is 4.84. The highest BCUT2D eigenvalue weighted by molar-refractivity contribution is 6.04. The van der Waals surface area contributed by atoms with Crippen LogP contribution in [0.25, 0.3) is 11.4 Å². The number of benzene rings is 3. The van der Waals surface area contributed by atoms with Crippen molar-refractivity contribution in [1.82, 2.24) is 10.1 Å². The molecular weight excluding hydrogens is 420 g/mol. The zero-order valence-electron chi connectivity index (χ0n) is 17.9. The molecular formula is C25H22N4O4.